The number of amides is 1. The van der Waals surface area contributed by atoms with Gasteiger partial charge in [0.15, 0.2) is 0 Å². The zero-order valence-electron chi connectivity index (χ0n) is 12.5. The van der Waals surface area contributed by atoms with Crippen molar-refractivity contribution in [3.05, 3.63) is 34.9 Å². The van der Waals surface area contributed by atoms with Crippen LogP contribution in [0.3, 0.4) is 0 Å². The minimum absolute atomic E-state index is 0.0153. The lowest BCUT2D eigenvalue weighted by molar-refractivity contribution is -0.141. The van der Waals surface area contributed by atoms with Gasteiger partial charge < -0.3 is 14.7 Å². The molecule has 116 valence electrons. The van der Waals surface area contributed by atoms with Crippen LogP contribution in [0.1, 0.15) is 31.9 Å². The number of aliphatic hydroxyl groups is 1. The molecule has 5 heteroatoms. The van der Waals surface area contributed by atoms with Gasteiger partial charge in [-0.15, -0.1) is 0 Å². The highest BCUT2D eigenvalue weighted by atomic mass is 35.5. The van der Waals surface area contributed by atoms with Crippen LogP contribution in [0.2, 0.25) is 5.02 Å². The number of rotatable bonds is 4. The van der Waals surface area contributed by atoms with E-state index in [-0.39, 0.29) is 24.3 Å². The Kier molecular flexibility index (Phi) is 5.62. The molecule has 1 saturated heterocycles. The largest absolute Gasteiger partial charge is 0.392 e. The molecule has 1 amide bonds. The van der Waals surface area contributed by atoms with Crippen LogP contribution in [-0.2, 0) is 9.53 Å². The number of hydrogen-bond acceptors (Lipinski definition) is 3. The third kappa shape index (κ3) is 4.43. The fourth-order valence-corrected chi connectivity index (χ4v) is 2.42. The Morgan fingerprint density at radius 2 is 2.10 bits per heavy atom. The van der Waals surface area contributed by atoms with Gasteiger partial charge in [0, 0.05) is 11.6 Å². The molecule has 2 rings (SSSR count). The fourth-order valence-electron chi connectivity index (χ4n) is 2.30. The summed E-state index contributed by atoms with van der Waals surface area (Å²) in [6, 6.07) is 7.49. The summed E-state index contributed by atoms with van der Waals surface area (Å²) in [5, 5.41) is 10.5. The molecule has 2 unspecified atom stereocenters. The second kappa shape index (κ2) is 7.25. The molecular weight excluding hydrogens is 290 g/mol. The van der Waals surface area contributed by atoms with Crippen molar-refractivity contribution in [3.8, 4) is 0 Å². The molecule has 1 aromatic carbocycles. The first-order valence-corrected chi connectivity index (χ1v) is 7.68. The average Bonchev–Trinajstić information content (AvgIpc) is 2.48. The van der Waals surface area contributed by atoms with Crippen LogP contribution >= 0.6 is 11.6 Å². The van der Waals surface area contributed by atoms with Gasteiger partial charge in [-0.2, -0.15) is 0 Å². The Labute approximate surface area is 130 Å². The van der Waals surface area contributed by atoms with Crippen LogP contribution < -0.4 is 0 Å². The summed E-state index contributed by atoms with van der Waals surface area (Å²) in [4.78, 5) is 14.0. The zero-order valence-corrected chi connectivity index (χ0v) is 13.2. The minimum Gasteiger partial charge on any atom is -0.392 e. The van der Waals surface area contributed by atoms with Crippen molar-refractivity contribution < 1.29 is 14.6 Å². The monoisotopic (exact) mass is 311 g/mol. The minimum atomic E-state index is -0.589. The Balaban J connectivity index is 1.97. The van der Waals surface area contributed by atoms with E-state index in [2.05, 4.69) is 0 Å². The molecule has 0 aliphatic carbocycles. The highest BCUT2D eigenvalue weighted by Gasteiger charge is 2.27. The number of aliphatic hydroxyl groups excluding tert-OH is 1. The van der Waals surface area contributed by atoms with Crippen molar-refractivity contribution in [2.75, 3.05) is 19.7 Å². The van der Waals surface area contributed by atoms with Gasteiger partial charge in [-0.3, -0.25) is 4.79 Å². The van der Waals surface area contributed by atoms with Crippen molar-refractivity contribution in [2.45, 2.75) is 32.5 Å². The second-order valence-corrected chi connectivity index (χ2v) is 6.20. The number of nitrogens with zero attached hydrogens (tertiary/aromatic N) is 1. The molecular formula is C16H22ClNO3. The van der Waals surface area contributed by atoms with Crippen LogP contribution in [0.15, 0.2) is 24.3 Å². The van der Waals surface area contributed by atoms with E-state index < -0.39 is 6.10 Å². The highest BCUT2D eigenvalue weighted by Crippen LogP contribution is 2.24. The normalized spacial score (nSPS) is 20.6. The van der Waals surface area contributed by atoms with Gasteiger partial charge in [0.05, 0.1) is 25.7 Å². The van der Waals surface area contributed by atoms with Gasteiger partial charge in [0.25, 0.3) is 0 Å². The first kappa shape index (κ1) is 16.3. The highest BCUT2D eigenvalue weighted by molar-refractivity contribution is 6.30. The summed E-state index contributed by atoms with van der Waals surface area (Å²) in [5.74, 6) is 0.0699. The molecule has 0 aromatic heterocycles. The van der Waals surface area contributed by atoms with Crippen LogP contribution in [-0.4, -0.2) is 41.7 Å². The van der Waals surface area contributed by atoms with Crippen molar-refractivity contribution in [2.24, 2.45) is 5.92 Å². The van der Waals surface area contributed by atoms with Crippen molar-refractivity contribution >= 4 is 17.5 Å². The van der Waals surface area contributed by atoms with Crippen molar-refractivity contribution in [3.63, 3.8) is 0 Å². The van der Waals surface area contributed by atoms with Crippen molar-refractivity contribution in [1.29, 1.82) is 0 Å². The maximum Gasteiger partial charge on any atom is 0.225 e. The number of halogens is 1. The second-order valence-electron chi connectivity index (χ2n) is 5.77. The molecule has 1 fully saturated rings. The Bertz CT molecular complexity index is 475. The maximum atomic E-state index is 12.2. The summed E-state index contributed by atoms with van der Waals surface area (Å²) >= 11 is 5.88. The third-order valence-electron chi connectivity index (χ3n) is 3.81. The quantitative estimate of drug-likeness (QED) is 0.930. The Morgan fingerprint density at radius 3 is 2.71 bits per heavy atom. The van der Waals surface area contributed by atoms with Crippen LogP contribution in [0, 0.1) is 5.92 Å². The molecule has 1 heterocycles. The predicted octanol–water partition coefficient (Wildman–Crippen LogP) is 2.65. The molecule has 21 heavy (non-hydrogen) atoms. The van der Waals surface area contributed by atoms with Crippen LogP contribution in [0.25, 0.3) is 0 Å². The lowest BCUT2D eigenvalue weighted by atomic mass is 10.0. The average molecular weight is 312 g/mol. The van der Waals surface area contributed by atoms with Gasteiger partial charge in [-0.1, -0.05) is 37.6 Å². The summed E-state index contributed by atoms with van der Waals surface area (Å²) < 4.78 is 5.74. The van der Waals surface area contributed by atoms with E-state index in [9.17, 15) is 9.90 Å². The van der Waals surface area contributed by atoms with Gasteiger partial charge in [-0.25, -0.2) is 0 Å². The van der Waals surface area contributed by atoms with E-state index in [0.717, 1.165) is 5.56 Å². The van der Waals surface area contributed by atoms with Crippen LogP contribution in [0.4, 0.5) is 0 Å². The van der Waals surface area contributed by atoms with E-state index in [1.54, 1.807) is 4.90 Å². The van der Waals surface area contributed by atoms with Crippen LogP contribution in [0.5, 0.6) is 0 Å². The van der Waals surface area contributed by atoms with E-state index in [4.69, 9.17) is 16.3 Å². The van der Waals surface area contributed by atoms with E-state index in [1.165, 1.54) is 0 Å². The molecule has 1 aliphatic heterocycles. The molecule has 4 nitrogen and oxygen atoms in total. The summed E-state index contributed by atoms with van der Waals surface area (Å²) in [6.07, 6.45) is -0.546. The molecule has 0 saturated carbocycles. The lowest BCUT2D eigenvalue weighted by Crippen LogP contribution is -2.43. The molecule has 2 atom stereocenters. The van der Waals surface area contributed by atoms with Gasteiger partial charge >= 0.3 is 0 Å². The smallest absolute Gasteiger partial charge is 0.225 e. The van der Waals surface area contributed by atoms with Gasteiger partial charge in [-0.05, 0) is 23.6 Å². The predicted molar refractivity (Wildman–Crippen MR) is 82.2 cm³/mol. The molecule has 1 N–H and O–H groups in total. The number of benzene rings is 1. The lowest BCUT2D eigenvalue weighted by Gasteiger charge is -2.34. The fraction of sp³-hybridized carbons (Fsp3) is 0.562. The number of carbonyl (C=O) groups excluding carboxylic acids is 1. The van der Waals surface area contributed by atoms with E-state index >= 15 is 0 Å². The number of morpholine rings is 1. The molecule has 1 aromatic rings. The third-order valence-corrected chi connectivity index (χ3v) is 4.07. The first-order valence-electron chi connectivity index (χ1n) is 7.30. The Hall–Kier alpha value is -1.10. The number of ether oxygens (including phenoxy) is 1. The molecule has 1 aliphatic rings. The Morgan fingerprint density at radius 1 is 1.43 bits per heavy atom. The topological polar surface area (TPSA) is 49.8 Å². The zero-order chi connectivity index (χ0) is 15.4. The molecule has 0 radical (unpaired) electrons. The molecule has 0 spiro atoms. The van der Waals surface area contributed by atoms with E-state index in [1.807, 2.05) is 38.1 Å². The summed E-state index contributed by atoms with van der Waals surface area (Å²) in [6.45, 7) is 5.43. The first-order chi connectivity index (χ1) is 9.97. The number of carbonyl (C=O) groups is 1. The SMILES string of the molecule is CC(C)C(O)CC(=O)N1CCOC(c2ccc(Cl)cc2)C1. The standard InChI is InChI=1S/C16H22ClNO3/c1-11(2)14(19)9-16(20)18-7-8-21-15(10-18)12-3-5-13(17)6-4-12/h3-6,11,14-15,19H,7-10H2,1-2H3. The number of hydrogen-bond donors (Lipinski definition) is 1. The van der Waals surface area contributed by atoms with Gasteiger partial charge in [0.1, 0.15) is 6.10 Å². The van der Waals surface area contributed by atoms with E-state index in [0.29, 0.717) is 24.7 Å². The van der Waals surface area contributed by atoms with Gasteiger partial charge in [0.2, 0.25) is 5.91 Å². The summed E-state index contributed by atoms with van der Waals surface area (Å²) in [7, 11) is 0. The van der Waals surface area contributed by atoms with Crippen molar-refractivity contribution in [1.82, 2.24) is 4.90 Å². The molecule has 0 bridgehead atoms. The maximum absolute atomic E-state index is 12.2. The summed E-state index contributed by atoms with van der Waals surface area (Å²) in [5.41, 5.74) is 1.02.